The fraction of sp³-hybridized carbons (Fsp3) is 0.480. The van der Waals surface area contributed by atoms with Gasteiger partial charge in [0.2, 0.25) is 0 Å². The second kappa shape index (κ2) is 8.17. The van der Waals surface area contributed by atoms with E-state index in [1.54, 1.807) is 19.5 Å². The number of aromatic nitrogens is 3. The van der Waals surface area contributed by atoms with Gasteiger partial charge in [0.15, 0.2) is 11.4 Å². The number of hydrogen-bond acceptors (Lipinski definition) is 5. The summed E-state index contributed by atoms with van der Waals surface area (Å²) >= 11 is 0. The second-order valence-electron chi connectivity index (χ2n) is 9.89. The number of rotatable bonds is 6. The van der Waals surface area contributed by atoms with E-state index in [0.29, 0.717) is 16.7 Å². The smallest absolute Gasteiger partial charge is 0.171 e. The van der Waals surface area contributed by atoms with Crippen LogP contribution in [0, 0.1) is 5.41 Å². The van der Waals surface area contributed by atoms with Crippen LogP contribution in [0.25, 0.3) is 22.4 Å². The molecule has 1 aliphatic heterocycles. The molecule has 3 heterocycles. The number of carbonyl (C=O) groups excluding carboxylic acids is 1. The van der Waals surface area contributed by atoms with Gasteiger partial charge in [-0.3, -0.25) is 9.69 Å². The first-order chi connectivity index (χ1) is 14.7. The zero-order valence-electron chi connectivity index (χ0n) is 19.2. The molecule has 164 valence electrons. The van der Waals surface area contributed by atoms with Crippen LogP contribution in [0.3, 0.4) is 0 Å². The molecule has 31 heavy (non-hydrogen) atoms. The number of H-pyrrole nitrogens is 1. The molecule has 1 fully saturated rings. The molecule has 0 spiro atoms. The zero-order valence-corrected chi connectivity index (χ0v) is 19.2. The molecule has 2 aromatic heterocycles. The molecule has 1 unspecified atom stereocenters. The number of benzene rings is 1. The summed E-state index contributed by atoms with van der Waals surface area (Å²) < 4.78 is 5.49. The van der Waals surface area contributed by atoms with E-state index in [0.717, 1.165) is 37.4 Å². The van der Waals surface area contributed by atoms with Crippen molar-refractivity contribution in [1.29, 1.82) is 0 Å². The van der Waals surface area contributed by atoms with Gasteiger partial charge in [0.1, 0.15) is 5.52 Å². The van der Waals surface area contributed by atoms with E-state index in [1.807, 2.05) is 20.8 Å². The highest BCUT2D eigenvalue weighted by Crippen LogP contribution is 2.32. The number of Topliss-reactive ketones (excluding diaryl/α,β-unsaturated/α-hetero) is 1. The summed E-state index contributed by atoms with van der Waals surface area (Å²) in [5.74, 6) is 0.0606. The number of methoxy groups -OCH3 is 1. The number of carbonyl (C=O) groups is 1. The van der Waals surface area contributed by atoms with Gasteiger partial charge in [-0.05, 0) is 37.9 Å². The topological polar surface area (TPSA) is 71.1 Å². The summed E-state index contributed by atoms with van der Waals surface area (Å²) in [6, 6.07) is 8.46. The summed E-state index contributed by atoms with van der Waals surface area (Å²) in [6.45, 7) is 10.7. The molecule has 1 N–H and O–H groups in total. The lowest BCUT2D eigenvalue weighted by atomic mass is 9.87. The first-order valence-electron chi connectivity index (χ1n) is 10.9. The lowest BCUT2D eigenvalue weighted by molar-refractivity contribution is 0.0459. The molecule has 1 aliphatic rings. The average Bonchev–Trinajstić information content (AvgIpc) is 3.30. The Morgan fingerprint density at radius 3 is 2.87 bits per heavy atom. The number of ether oxygens (including phenoxy) is 1. The number of nitrogens with zero attached hydrogens (tertiary/aromatic N) is 3. The van der Waals surface area contributed by atoms with Crippen LogP contribution in [0.1, 0.15) is 56.5 Å². The van der Waals surface area contributed by atoms with Crippen LogP contribution in [0.4, 0.5) is 0 Å². The van der Waals surface area contributed by atoms with Crippen LogP contribution in [0.2, 0.25) is 0 Å². The minimum atomic E-state index is -0.475. The molecular formula is C25H32N4O2. The number of likely N-dealkylation sites (tertiary alicyclic amines) is 1. The van der Waals surface area contributed by atoms with E-state index in [2.05, 4.69) is 46.1 Å². The van der Waals surface area contributed by atoms with Crippen molar-refractivity contribution in [2.24, 2.45) is 5.41 Å². The number of ketones is 1. The Balaban J connectivity index is 1.64. The second-order valence-corrected chi connectivity index (χ2v) is 9.89. The monoisotopic (exact) mass is 420 g/mol. The summed E-state index contributed by atoms with van der Waals surface area (Å²) in [6.07, 6.45) is 5.84. The molecule has 0 aliphatic carbocycles. The van der Waals surface area contributed by atoms with Crippen LogP contribution >= 0.6 is 0 Å². The Hall–Kier alpha value is -2.57. The maximum absolute atomic E-state index is 12.8. The molecule has 1 saturated heterocycles. The molecule has 4 rings (SSSR count). The molecule has 0 amide bonds. The van der Waals surface area contributed by atoms with E-state index in [1.165, 1.54) is 12.0 Å². The van der Waals surface area contributed by atoms with E-state index >= 15 is 0 Å². The third kappa shape index (κ3) is 4.27. The molecule has 3 aromatic rings. The summed E-state index contributed by atoms with van der Waals surface area (Å²) in [4.78, 5) is 27.8. The van der Waals surface area contributed by atoms with Crippen molar-refractivity contribution >= 4 is 16.9 Å². The van der Waals surface area contributed by atoms with Gasteiger partial charge in [0.05, 0.1) is 24.1 Å². The number of aromatic amines is 1. The van der Waals surface area contributed by atoms with Crippen molar-refractivity contribution < 1.29 is 9.53 Å². The van der Waals surface area contributed by atoms with Gasteiger partial charge >= 0.3 is 0 Å². The largest absolute Gasteiger partial charge is 0.383 e. The predicted octanol–water partition coefficient (Wildman–Crippen LogP) is 4.85. The fourth-order valence-electron chi connectivity index (χ4n) is 4.48. The number of hydrogen-bond donors (Lipinski definition) is 1. The predicted molar refractivity (Wildman–Crippen MR) is 123 cm³/mol. The molecule has 0 saturated carbocycles. The average molecular weight is 421 g/mol. The molecule has 1 aromatic carbocycles. The molecule has 0 radical (unpaired) electrons. The highest BCUT2D eigenvalue weighted by atomic mass is 16.5. The van der Waals surface area contributed by atoms with Crippen LogP contribution < -0.4 is 0 Å². The summed E-state index contributed by atoms with van der Waals surface area (Å²) in [5, 5.41) is 0. The van der Waals surface area contributed by atoms with E-state index in [4.69, 9.17) is 9.72 Å². The first-order valence-corrected chi connectivity index (χ1v) is 10.9. The molecular weight excluding hydrogens is 388 g/mol. The van der Waals surface area contributed by atoms with Crippen LogP contribution in [-0.4, -0.2) is 51.4 Å². The molecule has 0 bridgehead atoms. The molecule has 6 heteroatoms. The minimum Gasteiger partial charge on any atom is -0.383 e. The molecule has 1 atom stereocenters. The quantitative estimate of drug-likeness (QED) is 0.577. The zero-order chi connectivity index (χ0) is 22.2. The van der Waals surface area contributed by atoms with Crippen molar-refractivity contribution in [3.63, 3.8) is 0 Å². The Morgan fingerprint density at radius 1 is 1.32 bits per heavy atom. The highest BCUT2D eigenvalue weighted by Gasteiger charge is 2.36. The fourth-order valence-corrected chi connectivity index (χ4v) is 4.48. The maximum Gasteiger partial charge on any atom is 0.171 e. The Labute approximate surface area is 184 Å². The third-order valence-corrected chi connectivity index (χ3v) is 6.26. The standard InChI is InChI=1S/C25H32N4O2/c1-24(2,3)22(30)19-13-26-23-21(19)28-20(14-27-23)18-9-6-8-17(12-18)15-29-11-7-10-25(29,4)16-31-5/h6,8-9,12-14H,7,10-11,15-16H2,1-5H3,(H,26,27). The van der Waals surface area contributed by atoms with Crippen molar-refractivity contribution in [3.8, 4) is 11.3 Å². The van der Waals surface area contributed by atoms with Crippen LogP contribution in [0.5, 0.6) is 0 Å². The third-order valence-electron chi connectivity index (χ3n) is 6.26. The SMILES string of the molecule is COCC1(C)CCCN1Cc1cccc(-c2cnc3[nH]cc(C(=O)C(C)(C)C)c3n2)c1. The lowest BCUT2D eigenvalue weighted by Gasteiger charge is -2.34. The Morgan fingerprint density at radius 2 is 2.13 bits per heavy atom. The minimum absolute atomic E-state index is 0.0606. The van der Waals surface area contributed by atoms with E-state index in [-0.39, 0.29) is 11.3 Å². The normalized spacial score (nSPS) is 19.9. The van der Waals surface area contributed by atoms with Gasteiger partial charge in [0, 0.05) is 36.4 Å². The van der Waals surface area contributed by atoms with Gasteiger partial charge < -0.3 is 9.72 Å². The van der Waals surface area contributed by atoms with Gasteiger partial charge in [0.25, 0.3) is 0 Å². The maximum atomic E-state index is 12.8. The van der Waals surface area contributed by atoms with Gasteiger partial charge in [-0.25, -0.2) is 9.97 Å². The number of fused-ring (bicyclic) bond motifs is 1. The first kappa shape index (κ1) is 21.7. The van der Waals surface area contributed by atoms with Crippen molar-refractivity contribution in [2.75, 3.05) is 20.3 Å². The van der Waals surface area contributed by atoms with E-state index < -0.39 is 5.41 Å². The Bertz CT molecular complexity index is 1100. The highest BCUT2D eigenvalue weighted by molar-refractivity contribution is 6.08. The van der Waals surface area contributed by atoms with Crippen molar-refractivity contribution in [2.45, 2.75) is 52.6 Å². The van der Waals surface area contributed by atoms with Crippen LogP contribution in [0.15, 0.2) is 36.7 Å². The molecule has 6 nitrogen and oxygen atoms in total. The van der Waals surface area contributed by atoms with Gasteiger partial charge in [-0.15, -0.1) is 0 Å². The van der Waals surface area contributed by atoms with Gasteiger partial charge in [-0.2, -0.15) is 0 Å². The lowest BCUT2D eigenvalue weighted by Crippen LogP contribution is -2.44. The summed E-state index contributed by atoms with van der Waals surface area (Å²) in [7, 11) is 1.77. The number of nitrogens with one attached hydrogen (secondary N) is 1. The summed E-state index contributed by atoms with van der Waals surface area (Å²) in [5.41, 5.74) is 4.50. The Kier molecular flexibility index (Phi) is 5.71. The van der Waals surface area contributed by atoms with Gasteiger partial charge in [-0.1, -0.05) is 39.0 Å². The van der Waals surface area contributed by atoms with Crippen LogP contribution in [-0.2, 0) is 11.3 Å². The van der Waals surface area contributed by atoms with E-state index in [9.17, 15) is 4.79 Å². The van der Waals surface area contributed by atoms with Crippen molar-refractivity contribution in [3.05, 3.63) is 47.8 Å². The van der Waals surface area contributed by atoms with Crippen molar-refractivity contribution in [1.82, 2.24) is 19.9 Å².